The summed E-state index contributed by atoms with van der Waals surface area (Å²) in [4.78, 5) is 0. The predicted octanol–water partition coefficient (Wildman–Crippen LogP) is 2.66. The molecule has 0 aromatic rings. The van der Waals surface area contributed by atoms with Crippen LogP contribution in [0, 0.1) is 11.8 Å². The molecule has 5 atom stereocenters. The number of fused-ring (bicyclic) bond motifs is 1. The zero-order valence-electron chi connectivity index (χ0n) is 8.71. The molecule has 14 heavy (non-hydrogen) atoms. The van der Waals surface area contributed by atoms with Crippen LogP contribution in [0.15, 0.2) is 0 Å². The highest BCUT2D eigenvalue weighted by atomic mass is 19.1. The number of alkyl halides is 1. The summed E-state index contributed by atoms with van der Waals surface area (Å²) in [6, 6.07) is 0.856. The SMILES string of the molecule is F[C@H]1CCC[C@H]1NC1CCC[C@H]2C[C@@H]12. The maximum absolute atomic E-state index is 13.4. The largest absolute Gasteiger partial charge is 0.308 e. The molecule has 2 heteroatoms. The van der Waals surface area contributed by atoms with Crippen LogP contribution in [0.3, 0.4) is 0 Å². The van der Waals surface area contributed by atoms with Gasteiger partial charge in [0.15, 0.2) is 0 Å². The van der Waals surface area contributed by atoms with Gasteiger partial charge in [-0.1, -0.05) is 12.8 Å². The summed E-state index contributed by atoms with van der Waals surface area (Å²) < 4.78 is 13.4. The van der Waals surface area contributed by atoms with Crippen LogP contribution in [-0.2, 0) is 0 Å². The maximum atomic E-state index is 13.4. The smallest absolute Gasteiger partial charge is 0.115 e. The average Bonchev–Trinajstić information content (AvgIpc) is 2.87. The molecule has 3 rings (SSSR count). The number of hydrogen-bond donors (Lipinski definition) is 1. The highest BCUT2D eigenvalue weighted by molar-refractivity contribution is 5.00. The van der Waals surface area contributed by atoms with Gasteiger partial charge in [-0.05, 0) is 43.9 Å². The lowest BCUT2D eigenvalue weighted by atomic mass is 9.94. The first kappa shape index (κ1) is 9.14. The van der Waals surface area contributed by atoms with E-state index in [0.717, 1.165) is 31.1 Å². The van der Waals surface area contributed by atoms with Crippen LogP contribution in [0.2, 0.25) is 0 Å². The molecular formula is C12H20FN. The van der Waals surface area contributed by atoms with Crippen molar-refractivity contribution in [2.45, 2.75) is 63.2 Å². The van der Waals surface area contributed by atoms with Gasteiger partial charge in [0.25, 0.3) is 0 Å². The Morgan fingerprint density at radius 2 is 1.71 bits per heavy atom. The first-order chi connectivity index (χ1) is 6.84. The molecule has 0 radical (unpaired) electrons. The molecular weight excluding hydrogens is 177 g/mol. The molecule has 3 aliphatic carbocycles. The molecule has 0 spiro atoms. The van der Waals surface area contributed by atoms with Gasteiger partial charge in [-0.25, -0.2) is 4.39 Å². The Bertz CT molecular complexity index is 218. The topological polar surface area (TPSA) is 12.0 Å². The third-order valence-corrected chi connectivity index (χ3v) is 4.44. The normalized spacial score (nSPS) is 51.6. The summed E-state index contributed by atoms with van der Waals surface area (Å²) in [6.07, 6.45) is 7.89. The monoisotopic (exact) mass is 197 g/mol. The molecule has 0 heterocycles. The summed E-state index contributed by atoms with van der Waals surface area (Å²) in [7, 11) is 0. The Balaban J connectivity index is 1.56. The molecule has 3 saturated carbocycles. The van der Waals surface area contributed by atoms with Crippen molar-refractivity contribution in [1.82, 2.24) is 5.32 Å². The van der Waals surface area contributed by atoms with E-state index in [-0.39, 0.29) is 6.04 Å². The standard InChI is InChI=1S/C12H20FN/c13-10-4-2-6-12(10)14-11-5-1-3-8-7-9(8)11/h8-12,14H,1-7H2/t8-,9+,10-,11?,12+/m0/s1. The van der Waals surface area contributed by atoms with Crippen LogP contribution in [0.4, 0.5) is 4.39 Å². The molecule has 3 aliphatic rings. The van der Waals surface area contributed by atoms with Gasteiger partial charge in [0.2, 0.25) is 0 Å². The van der Waals surface area contributed by atoms with Crippen molar-refractivity contribution in [1.29, 1.82) is 0 Å². The molecule has 3 fully saturated rings. The second kappa shape index (κ2) is 3.48. The summed E-state index contributed by atoms with van der Waals surface area (Å²) in [5.41, 5.74) is 0. The van der Waals surface area contributed by atoms with E-state index in [0.29, 0.717) is 6.04 Å². The summed E-state index contributed by atoms with van der Waals surface area (Å²) in [5, 5.41) is 3.58. The van der Waals surface area contributed by atoms with Crippen molar-refractivity contribution in [3.8, 4) is 0 Å². The third-order valence-electron chi connectivity index (χ3n) is 4.44. The zero-order chi connectivity index (χ0) is 9.54. The van der Waals surface area contributed by atoms with Crippen molar-refractivity contribution < 1.29 is 4.39 Å². The highest BCUT2D eigenvalue weighted by Gasteiger charge is 2.46. The third kappa shape index (κ3) is 1.58. The lowest BCUT2D eigenvalue weighted by Gasteiger charge is -2.27. The Hall–Kier alpha value is -0.110. The summed E-state index contributed by atoms with van der Waals surface area (Å²) >= 11 is 0. The number of nitrogens with one attached hydrogen (secondary N) is 1. The second-order valence-corrected chi connectivity index (χ2v) is 5.42. The van der Waals surface area contributed by atoms with E-state index in [2.05, 4.69) is 5.32 Å². The van der Waals surface area contributed by atoms with Gasteiger partial charge in [0.1, 0.15) is 6.17 Å². The Morgan fingerprint density at radius 3 is 2.50 bits per heavy atom. The molecule has 1 N–H and O–H groups in total. The molecule has 0 amide bonds. The quantitative estimate of drug-likeness (QED) is 0.717. The summed E-state index contributed by atoms with van der Waals surface area (Å²) in [5.74, 6) is 1.91. The van der Waals surface area contributed by atoms with Gasteiger partial charge in [-0.15, -0.1) is 0 Å². The fraction of sp³-hybridized carbons (Fsp3) is 1.00. The van der Waals surface area contributed by atoms with Crippen LogP contribution in [0.5, 0.6) is 0 Å². The van der Waals surface area contributed by atoms with E-state index < -0.39 is 6.17 Å². The number of rotatable bonds is 2. The van der Waals surface area contributed by atoms with E-state index in [1.54, 1.807) is 0 Å². The molecule has 80 valence electrons. The molecule has 0 aromatic carbocycles. The second-order valence-electron chi connectivity index (χ2n) is 5.42. The van der Waals surface area contributed by atoms with Gasteiger partial charge >= 0.3 is 0 Å². The zero-order valence-corrected chi connectivity index (χ0v) is 8.71. The van der Waals surface area contributed by atoms with Gasteiger partial charge in [0.05, 0.1) is 0 Å². The molecule has 0 aliphatic heterocycles. The van der Waals surface area contributed by atoms with Crippen molar-refractivity contribution in [2.24, 2.45) is 11.8 Å². The average molecular weight is 197 g/mol. The Morgan fingerprint density at radius 1 is 0.929 bits per heavy atom. The van der Waals surface area contributed by atoms with Gasteiger partial charge in [-0.3, -0.25) is 0 Å². The molecule has 0 aromatic heterocycles. The Labute approximate surface area is 85.5 Å². The highest BCUT2D eigenvalue weighted by Crippen LogP contribution is 2.49. The summed E-state index contributed by atoms with van der Waals surface area (Å²) in [6.45, 7) is 0. The van der Waals surface area contributed by atoms with Gasteiger partial charge in [-0.2, -0.15) is 0 Å². The van der Waals surface area contributed by atoms with Crippen LogP contribution in [0.1, 0.15) is 44.9 Å². The molecule has 0 bridgehead atoms. The molecule has 0 saturated heterocycles. The van der Waals surface area contributed by atoms with Crippen LogP contribution < -0.4 is 5.32 Å². The van der Waals surface area contributed by atoms with Crippen molar-refractivity contribution in [3.63, 3.8) is 0 Å². The minimum absolute atomic E-state index is 0.194. The van der Waals surface area contributed by atoms with Crippen molar-refractivity contribution in [2.75, 3.05) is 0 Å². The fourth-order valence-electron chi connectivity index (χ4n) is 3.49. The molecule has 1 nitrogen and oxygen atoms in total. The van der Waals surface area contributed by atoms with E-state index in [9.17, 15) is 4.39 Å². The fourth-order valence-corrected chi connectivity index (χ4v) is 3.49. The first-order valence-corrected chi connectivity index (χ1v) is 6.25. The van der Waals surface area contributed by atoms with E-state index in [1.807, 2.05) is 0 Å². The van der Waals surface area contributed by atoms with Crippen LogP contribution in [0.25, 0.3) is 0 Å². The minimum atomic E-state index is -0.561. The van der Waals surface area contributed by atoms with Gasteiger partial charge < -0.3 is 5.32 Å². The number of hydrogen-bond acceptors (Lipinski definition) is 1. The molecule has 1 unspecified atom stereocenters. The lowest BCUT2D eigenvalue weighted by molar-refractivity contribution is 0.237. The lowest BCUT2D eigenvalue weighted by Crippen LogP contribution is -2.43. The van der Waals surface area contributed by atoms with E-state index in [1.165, 1.54) is 25.7 Å². The van der Waals surface area contributed by atoms with Crippen molar-refractivity contribution >= 4 is 0 Å². The first-order valence-electron chi connectivity index (χ1n) is 6.25. The van der Waals surface area contributed by atoms with Crippen LogP contribution in [-0.4, -0.2) is 18.3 Å². The minimum Gasteiger partial charge on any atom is -0.308 e. The predicted molar refractivity (Wildman–Crippen MR) is 54.9 cm³/mol. The van der Waals surface area contributed by atoms with Crippen molar-refractivity contribution in [3.05, 3.63) is 0 Å². The Kier molecular flexibility index (Phi) is 2.27. The number of halogens is 1. The van der Waals surface area contributed by atoms with E-state index >= 15 is 0 Å². The van der Waals surface area contributed by atoms with Gasteiger partial charge in [0, 0.05) is 12.1 Å². The maximum Gasteiger partial charge on any atom is 0.115 e. The van der Waals surface area contributed by atoms with E-state index in [4.69, 9.17) is 0 Å². The van der Waals surface area contributed by atoms with Crippen LogP contribution >= 0.6 is 0 Å².